The maximum atomic E-state index is 12.4. The summed E-state index contributed by atoms with van der Waals surface area (Å²) in [5.41, 5.74) is 0. The molecule has 0 aliphatic carbocycles. The Morgan fingerprint density at radius 1 is 1.33 bits per heavy atom. The van der Waals surface area contributed by atoms with Gasteiger partial charge in [0.15, 0.2) is 0 Å². The molecule has 1 N–H and O–H groups in total. The predicted octanol–water partition coefficient (Wildman–Crippen LogP) is 1.17. The molecule has 18 heavy (non-hydrogen) atoms. The van der Waals surface area contributed by atoms with Crippen LogP contribution in [0.4, 0.5) is 0 Å². The first-order chi connectivity index (χ1) is 8.54. The Hall–Kier alpha value is -0.610. The molecule has 1 aliphatic rings. The summed E-state index contributed by atoms with van der Waals surface area (Å²) < 4.78 is 0. The number of amides is 1. The van der Waals surface area contributed by atoms with Crippen molar-refractivity contribution >= 4 is 5.91 Å². The van der Waals surface area contributed by atoms with Crippen molar-refractivity contribution in [1.29, 1.82) is 0 Å². The van der Waals surface area contributed by atoms with Crippen LogP contribution in [0, 0.1) is 5.92 Å². The smallest absolute Gasteiger partial charge is 0.225 e. The van der Waals surface area contributed by atoms with Crippen molar-refractivity contribution in [1.82, 2.24) is 15.1 Å². The van der Waals surface area contributed by atoms with Crippen LogP contribution in [-0.4, -0.2) is 62.0 Å². The molecule has 1 heterocycles. The lowest BCUT2D eigenvalue weighted by Gasteiger charge is -2.32. The fourth-order valence-electron chi connectivity index (χ4n) is 2.62. The van der Waals surface area contributed by atoms with E-state index in [-0.39, 0.29) is 5.92 Å². The van der Waals surface area contributed by atoms with Crippen molar-refractivity contribution in [3.05, 3.63) is 0 Å². The van der Waals surface area contributed by atoms with E-state index < -0.39 is 0 Å². The molecule has 4 heteroatoms. The van der Waals surface area contributed by atoms with Crippen molar-refractivity contribution in [2.75, 3.05) is 40.3 Å². The van der Waals surface area contributed by atoms with Gasteiger partial charge in [-0.05, 0) is 60.3 Å². The molecule has 0 radical (unpaired) electrons. The highest BCUT2D eigenvalue weighted by molar-refractivity contribution is 5.79. The lowest BCUT2D eigenvalue weighted by molar-refractivity contribution is -0.136. The molecule has 1 aliphatic heterocycles. The van der Waals surface area contributed by atoms with E-state index in [1.807, 2.05) is 4.90 Å². The molecule has 0 saturated carbocycles. The molecule has 1 fully saturated rings. The molecule has 0 aromatic rings. The van der Waals surface area contributed by atoms with Gasteiger partial charge in [0.1, 0.15) is 0 Å². The summed E-state index contributed by atoms with van der Waals surface area (Å²) in [5.74, 6) is 0.602. The van der Waals surface area contributed by atoms with Crippen molar-refractivity contribution in [2.45, 2.75) is 39.2 Å². The van der Waals surface area contributed by atoms with Crippen LogP contribution in [0.15, 0.2) is 0 Å². The number of carbonyl (C=O) groups is 1. The van der Waals surface area contributed by atoms with Gasteiger partial charge in [-0.1, -0.05) is 0 Å². The van der Waals surface area contributed by atoms with Crippen LogP contribution in [0.5, 0.6) is 0 Å². The molecule has 1 saturated heterocycles. The Labute approximate surface area is 112 Å². The van der Waals surface area contributed by atoms with E-state index in [0.717, 1.165) is 45.4 Å². The fraction of sp³-hybridized carbons (Fsp3) is 0.929. The highest BCUT2D eigenvalue weighted by atomic mass is 16.2. The fourth-order valence-corrected chi connectivity index (χ4v) is 2.62. The Balaban J connectivity index is 2.40. The molecule has 2 atom stereocenters. The third-order valence-electron chi connectivity index (χ3n) is 3.70. The van der Waals surface area contributed by atoms with Crippen LogP contribution < -0.4 is 5.32 Å². The van der Waals surface area contributed by atoms with Gasteiger partial charge in [-0.25, -0.2) is 0 Å². The summed E-state index contributed by atoms with van der Waals surface area (Å²) in [6, 6.07) is 0.480. The number of hydrogen-bond donors (Lipinski definition) is 1. The van der Waals surface area contributed by atoms with Gasteiger partial charge in [-0.3, -0.25) is 4.79 Å². The first-order valence-corrected chi connectivity index (χ1v) is 7.21. The van der Waals surface area contributed by atoms with Gasteiger partial charge >= 0.3 is 0 Å². The van der Waals surface area contributed by atoms with Crippen molar-refractivity contribution in [3.8, 4) is 0 Å². The largest absolute Gasteiger partial charge is 0.343 e. The molecule has 0 bridgehead atoms. The summed E-state index contributed by atoms with van der Waals surface area (Å²) in [6.45, 7) is 8.01. The lowest BCUT2D eigenvalue weighted by Crippen LogP contribution is -2.44. The van der Waals surface area contributed by atoms with E-state index in [0.29, 0.717) is 11.9 Å². The van der Waals surface area contributed by atoms with E-state index >= 15 is 0 Å². The first-order valence-electron chi connectivity index (χ1n) is 7.21. The molecule has 1 amide bonds. The first kappa shape index (κ1) is 15.4. The molecule has 0 aromatic heterocycles. The molecule has 4 nitrogen and oxygen atoms in total. The zero-order valence-corrected chi connectivity index (χ0v) is 12.4. The van der Waals surface area contributed by atoms with E-state index in [1.54, 1.807) is 0 Å². The maximum absolute atomic E-state index is 12.4. The van der Waals surface area contributed by atoms with Gasteiger partial charge in [0, 0.05) is 25.0 Å². The zero-order chi connectivity index (χ0) is 13.5. The van der Waals surface area contributed by atoms with E-state index in [4.69, 9.17) is 0 Å². The summed E-state index contributed by atoms with van der Waals surface area (Å²) >= 11 is 0. The monoisotopic (exact) mass is 255 g/mol. The highest BCUT2D eigenvalue weighted by Crippen LogP contribution is 2.18. The van der Waals surface area contributed by atoms with Crippen molar-refractivity contribution < 1.29 is 4.79 Å². The normalized spacial score (nSPS) is 24.3. The van der Waals surface area contributed by atoms with Crippen LogP contribution in [0.2, 0.25) is 0 Å². The summed E-state index contributed by atoms with van der Waals surface area (Å²) in [4.78, 5) is 16.6. The molecule has 106 valence electrons. The number of carbonyl (C=O) groups excluding carboxylic acids is 1. The molecular weight excluding hydrogens is 226 g/mol. The van der Waals surface area contributed by atoms with Gasteiger partial charge in [0.05, 0.1) is 0 Å². The van der Waals surface area contributed by atoms with Crippen LogP contribution >= 0.6 is 0 Å². The molecule has 1 rings (SSSR count). The lowest BCUT2D eigenvalue weighted by atomic mass is 9.92. The highest BCUT2D eigenvalue weighted by Gasteiger charge is 2.27. The van der Waals surface area contributed by atoms with Crippen molar-refractivity contribution in [3.63, 3.8) is 0 Å². The molecule has 2 unspecified atom stereocenters. The van der Waals surface area contributed by atoms with Gasteiger partial charge in [-0.15, -0.1) is 0 Å². The predicted molar refractivity (Wildman–Crippen MR) is 75.6 cm³/mol. The second-order valence-corrected chi connectivity index (χ2v) is 5.65. The Morgan fingerprint density at radius 2 is 2.06 bits per heavy atom. The number of nitrogens with one attached hydrogen (secondary N) is 1. The molecule has 0 spiro atoms. The summed E-state index contributed by atoms with van der Waals surface area (Å²) in [5, 5.41) is 3.40. The van der Waals surface area contributed by atoms with E-state index in [2.05, 4.69) is 38.2 Å². The number of hydrogen-bond acceptors (Lipinski definition) is 3. The van der Waals surface area contributed by atoms with Crippen LogP contribution in [0.25, 0.3) is 0 Å². The van der Waals surface area contributed by atoms with E-state index in [1.165, 1.54) is 0 Å². The minimum Gasteiger partial charge on any atom is -0.343 e. The summed E-state index contributed by atoms with van der Waals surface area (Å²) in [6.07, 6.45) is 3.05. The van der Waals surface area contributed by atoms with Crippen molar-refractivity contribution in [2.24, 2.45) is 5.92 Å². The average molecular weight is 255 g/mol. The second-order valence-electron chi connectivity index (χ2n) is 5.65. The SMILES string of the molecule is CCN(CCCN(C)C)C(=O)C1CCNC(C)C1. The van der Waals surface area contributed by atoms with Crippen LogP contribution in [-0.2, 0) is 4.79 Å². The van der Waals surface area contributed by atoms with Crippen LogP contribution in [0.3, 0.4) is 0 Å². The molecule has 0 aromatic carbocycles. The number of piperidine rings is 1. The summed E-state index contributed by atoms with van der Waals surface area (Å²) in [7, 11) is 4.15. The molecular formula is C14H29N3O. The average Bonchev–Trinajstić information content (AvgIpc) is 2.33. The van der Waals surface area contributed by atoms with Gasteiger partial charge < -0.3 is 15.1 Å². The quantitative estimate of drug-likeness (QED) is 0.774. The maximum Gasteiger partial charge on any atom is 0.225 e. The minimum absolute atomic E-state index is 0.237. The zero-order valence-electron chi connectivity index (χ0n) is 12.4. The number of nitrogens with zero attached hydrogens (tertiary/aromatic N) is 2. The topological polar surface area (TPSA) is 35.6 Å². The second kappa shape index (κ2) is 7.74. The Morgan fingerprint density at radius 3 is 2.61 bits per heavy atom. The van der Waals surface area contributed by atoms with Gasteiger partial charge in [0.25, 0.3) is 0 Å². The third kappa shape index (κ3) is 4.94. The Bertz CT molecular complexity index is 255. The standard InChI is InChI=1S/C14H29N3O/c1-5-17(10-6-9-16(3)4)14(18)13-7-8-15-12(2)11-13/h12-13,15H,5-11H2,1-4H3. The van der Waals surface area contributed by atoms with Gasteiger partial charge in [0.2, 0.25) is 5.91 Å². The van der Waals surface area contributed by atoms with E-state index in [9.17, 15) is 4.79 Å². The van der Waals surface area contributed by atoms with Gasteiger partial charge in [-0.2, -0.15) is 0 Å². The Kier molecular flexibility index (Phi) is 6.65. The minimum atomic E-state index is 0.237. The number of rotatable bonds is 6. The third-order valence-corrected chi connectivity index (χ3v) is 3.70. The van der Waals surface area contributed by atoms with Crippen LogP contribution in [0.1, 0.15) is 33.1 Å².